The van der Waals surface area contributed by atoms with E-state index in [0.29, 0.717) is 18.1 Å². The molecule has 0 saturated carbocycles. The summed E-state index contributed by atoms with van der Waals surface area (Å²) in [6.07, 6.45) is 3.57. The minimum absolute atomic E-state index is 0.136. The molecule has 0 heterocycles. The Balaban J connectivity index is 1.82. The second-order valence-corrected chi connectivity index (χ2v) is 5.26. The molecule has 0 radical (unpaired) electrons. The zero-order valence-corrected chi connectivity index (χ0v) is 14.4. The van der Waals surface area contributed by atoms with E-state index in [-0.39, 0.29) is 12.5 Å². The van der Waals surface area contributed by atoms with Crippen LogP contribution in [0.15, 0.2) is 65.3 Å². The van der Waals surface area contributed by atoms with Crippen molar-refractivity contribution in [1.29, 1.82) is 0 Å². The van der Waals surface area contributed by atoms with Crippen LogP contribution in [-0.2, 0) is 4.79 Å². The molecule has 1 N–H and O–H groups in total. The van der Waals surface area contributed by atoms with E-state index >= 15 is 0 Å². The van der Waals surface area contributed by atoms with Gasteiger partial charge in [0.05, 0.1) is 12.8 Å². The Morgan fingerprint density at radius 1 is 1.04 bits per heavy atom. The number of carbonyl (C=O) groups excluding carboxylic acids is 1. The topological polar surface area (TPSA) is 59.9 Å². The Bertz CT molecular complexity index is 740. The second kappa shape index (κ2) is 9.93. The van der Waals surface area contributed by atoms with Crippen LogP contribution >= 0.6 is 0 Å². The standard InChI is InChI=1S/C20H22N2O3/c1-3-24-18-11-7-8-12-19(18)25-15-20(23)22-21-14-16(2)13-17-9-5-4-6-10-17/h4-14H,3,15H2,1-2H3,(H,22,23). The molecule has 2 aromatic rings. The largest absolute Gasteiger partial charge is 0.490 e. The fourth-order valence-corrected chi connectivity index (χ4v) is 2.08. The van der Waals surface area contributed by atoms with Crippen molar-refractivity contribution >= 4 is 18.2 Å². The number of amides is 1. The summed E-state index contributed by atoms with van der Waals surface area (Å²) in [6.45, 7) is 4.20. The molecule has 0 fully saturated rings. The van der Waals surface area contributed by atoms with Crippen LogP contribution in [0.25, 0.3) is 6.08 Å². The zero-order chi connectivity index (χ0) is 17.9. The van der Waals surface area contributed by atoms with Gasteiger partial charge in [0, 0.05) is 0 Å². The second-order valence-electron chi connectivity index (χ2n) is 5.26. The Morgan fingerprint density at radius 3 is 2.36 bits per heavy atom. The molecular formula is C20H22N2O3. The van der Waals surface area contributed by atoms with Gasteiger partial charge in [0.1, 0.15) is 0 Å². The lowest BCUT2D eigenvalue weighted by Gasteiger charge is -2.10. The SMILES string of the molecule is CCOc1ccccc1OCC(=O)NN=CC(C)=Cc1ccccc1. The lowest BCUT2D eigenvalue weighted by atomic mass is 10.1. The molecule has 0 aliphatic carbocycles. The Labute approximate surface area is 148 Å². The number of nitrogens with zero attached hydrogens (tertiary/aromatic N) is 1. The average molecular weight is 338 g/mol. The molecule has 25 heavy (non-hydrogen) atoms. The van der Waals surface area contributed by atoms with Gasteiger partial charge in [0.25, 0.3) is 5.91 Å². The highest BCUT2D eigenvalue weighted by molar-refractivity contribution is 5.86. The molecule has 2 rings (SSSR count). The molecule has 1 amide bonds. The fraction of sp³-hybridized carbons (Fsp3) is 0.200. The van der Waals surface area contributed by atoms with E-state index in [1.54, 1.807) is 18.3 Å². The smallest absolute Gasteiger partial charge is 0.277 e. The monoisotopic (exact) mass is 338 g/mol. The van der Waals surface area contributed by atoms with Crippen LogP contribution in [0.1, 0.15) is 19.4 Å². The molecule has 0 aliphatic heterocycles. The molecule has 0 atom stereocenters. The van der Waals surface area contributed by atoms with Crippen LogP contribution < -0.4 is 14.9 Å². The van der Waals surface area contributed by atoms with E-state index in [0.717, 1.165) is 11.1 Å². The Hall–Kier alpha value is -3.08. The first-order chi connectivity index (χ1) is 12.2. The molecule has 0 bridgehead atoms. The van der Waals surface area contributed by atoms with Crippen molar-refractivity contribution in [1.82, 2.24) is 5.43 Å². The number of hydrazone groups is 1. The highest BCUT2D eigenvalue weighted by Gasteiger charge is 2.06. The van der Waals surface area contributed by atoms with E-state index in [1.165, 1.54) is 0 Å². The summed E-state index contributed by atoms with van der Waals surface area (Å²) in [7, 11) is 0. The first-order valence-electron chi connectivity index (χ1n) is 8.09. The van der Waals surface area contributed by atoms with Crippen molar-refractivity contribution in [3.63, 3.8) is 0 Å². The van der Waals surface area contributed by atoms with Crippen LogP contribution in [0, 0.1) is 0 Å². The average Bonchev–Trinajstić information content (AvgIpc) is 2.62. The number of allylic oxidation sites excluding steroid dienone is 1. The minimum Gasteiger partial charge on any atom is -0.490 e. The highest BCUT2D eigenvalue weighted by atomic mass is 16.5. The first-order valence-corrected chi connectivity index (χ1v) is 8.09. The number of hydrogen-bond donors (Lipinski definition) is 1. The number of rotatable bonds is 8. The van der Waals surface area contributed by atoms with E-state index in [2.05, 4.69) is 10.5 Å². The third-order valence-corrected chi connectivity index (χ3v) is 3.16. The van der Waals surface area contributed by atoms with E-state index in [4.69, 9.17) is 9.47 Å². The van der Waals surface area contributed by atoms with Crippen molar-refractivity contribution in [2.45, 2.75) is 13.8 Å². The van der Waals surface area contributed by atoms with Gasteiger partial charge in [-0.15, -0.1) is 0 Å². The predicted octanol–water partition coefficient (Wildman–Crippen LogP) is 3.67. The molecule has 5 heteroatoms. The maximum Gasteiger partial charge on any atom is 0.277 e. The van der Waals surface area contributed by atoms with Gasteiger partial charge in [-0.3, -0.25) is 4.79 Å². The summed E-state index contributed by atoms with van der Waals surface area (Å²) in [5.41, 5.74) is 4.45. The maximum absolute atomic E-state index is 11.8. The van der Waals surface area contributed by atoms with E-state index < -0.39 is 0 Å². The number of carbonyl (C=O) groups is 1. The van der Waals surface area contributed by atoms with Crippen LogP contribution in [-0.4, -0.2) is 25.3 Å². The number of nitrogens with one attached hydrogen (secondary N) is 1. The van der Waals surface area contributed by atoms with Crippen LogP contribution in [0.3, 0.4) is 0 Å². The molecule has 0 saturated heterocycles. The molecule has 130 valence electrons. The summed E-state index contributed by atoms with van der Waals surface area (Å²) in [6, 6.07) is 17.1. The molecule has 0 spiro atoms. The van der Waals surface area contributed by atoms with Gasteiger partial charge in [-0.2, -0.15) is 5.10 Å². The van der Waals surface area contributed by atoms with Gasteiger partial charge >= 0.3 is 0 Å². The molecule has 0 aromatic heterocycles. The van der Waals surface area contributed by atoms with Gasteiger partial charge in [-0.05, 0) is 37.1 Å². The highest BCUT2D eigenvalue weighted by Crippen LogP contribution is 2.26. The summed E-state index contributed by atoms with van der Waals surface area (Å²) in [5, 5.41) is 3.93. The van der Waals surface area contributed by atoms with E-state index in [1.807, 2.05) is 62.4 Å². The Morgan fingerprint density at radius 2 is 1.68 bits per heavy atom. The zero-order valence-electron chi connectivity index (χ0n) is 14.4. The van der Waals surface area contributed by atoms with Crippen molar-refractivity contribution in [3.05, 3.63) is 65.7 Å². The summed E-state index contributed by atoms with van der Waals surface area (Å²) < 4.78 is 10.9. The van der Waals surface area contributed by atoms with Gasteiger partial charge < -0.3 is 9.47 Å². The lowest BCUT2D eigenvalue weighted by Crippen LogP contribution is -2.24. The number of benzene rings is 2. The van der Waals surface area contributed by atoms with Crippen LogP contribution in [0.4, 0.5) is 0 Å². The van der Waals surface area contributed by atoms with Gasteiger partial charge in [-0.1, -0.05) is 48.5 Å². The summed E-state index contributed by atoms with van der Waals surface area (Å²) in [5.74, 6) is 0.807. The van der Waals surface area contributed by atoms with Crippen LogP contribution in [0.2, 0.25) is 0 Å². The van der Waals surface area contributed by atoms with Gasteiger partial charge in [0.15, 0.2) is 18.1 Å². The number of hydrogen-bond acceptors (Lipinski definition) is 4. The summed E-state index contributed by atoms with van der Waals surface area (Å²) in [4.78, 5) is 11.8. The minimum atomic E-state index is -0.338. The number of ether oxygens (including phenoxy) is 2. The lowest BCUT2D eigenvalue weighted by molar-refractivity contribution is -0.123. The predicted molar refractivity (Wildman–Crippen MR) is 99.8 cm³/mol. The molecule has 0 aliphatic rings. The van der Waals surface area contributed by atoms with Crippen molar-refractivity contribution in [2.75, 3.05) is 13.2 Å². The first kappa shape index (κ1) is 18.3. The molecule has 5 nitrogen and oxygen atoms in total. The molecular weight excluding hydrogens is 316 g/mol. The molecule has 0 unspecified atom stereocenters. The van der Waals surface area contributed by atoms with E-state index in [9.17, 15) is 4.79 Å². The van der Waals surface area contributed by atoms with Crippen molar-refractivity contribution in [2.24, 2.45) is 5.10 Å². The molecule has 2 aromatic carbocycles. The fourth-order valence-electron chi connectivity index (χ4n) is 2.08. The third kappa shape index (κ3) is 6.51. The van der Waals surface area contributed by atoms with Crippen molar-refractivity contribution < 1.29 is 14.3 Å². The summed E-state index contributed by atoms with van der Waals surface area (Å²) >= 11 is 0. The third-order valence-electron chi connectivity index (χ3n) is 3.16. The van der Waals surface area contributed by atoms with Crippen LogP contribution in [0.5, 0.6) is 11.5 Å². The normalized spacial score (nSPS) is 11.4. The quantitative estimate of drug-likeness (QED) is 0.590. The van der Waals surface area contributed by atoms with Gasteiger partial charge in [-0.25, -0.2) is 5.43 Å². The maximum atomic E-state index is 11.8. The Kier molecular flexibility index (Phi) is 7.25. The number of para-hydroxylation sites is 2. The van der Waals surface area contributed by atoms with Gasteiger partial charge in [0.2, 0.25) is 0 Å². The van der Waals surface area contributed by atoms with Crippen molar-refractivity contribution in [3.8, 4) is 11.5 Å².